The van der Waals surface area contributed by atoms with Crippen LogP contribution in [0.4, 0.5) is 0 Å². The zero-order valence-corrected chi connectivity index (χ0v) is 7.46. The van der Waals surface area contributed by atoms with Crippen molar-refractivity contribution in [3.8, 4) is 6.07 Å². The fourth-order valence-corrected chi connectivity index (χ4v) is 1.14. The van der Waals surface area contributed by atoms with Crippen LogP contribution in [0.2, 0.25) is 0 Å². The second-order valence-corrected chi connectivity index (χ2v) is 3.10. The first-order valence-electron chi connectivity index (χ1n) is 3.84. The van der Waals surface area contributed by atoms with Crippen molar-refractivity contribution in [1.82, 2.24) is 4.57 Å². The van der Waals surface area contributed by atoms with E-state index in [0.29, 0.717) is 0 Å². The zero-order chi connectivity index (χ0) is 9.14. The zero-order valence-electron chi connectivity index (χ0n) is 7.46. The van der Waals surface area contributed by atoms with Crippen LogP contribution in [0.1, 0.15) is 18.1 Å². The number of nitrogens with zero attached hydrogens (tertiary/aromatic N) is 2. The number of allylic oxidation sites excluding steroid dienone is 1. The van der Waals surface area contributed by atoms with Crippen molar-refractivity contribution >= 4 is 0 Å². The average Bonchev–Trinajstić information content (AvgIpc) is 2.29. The second-order valence-electron chi connectivity index (χ2n) is 3.10. The highest BCUT2D eigenvalue weighted by Crippen LogP contribution is 2.08. The van der Waals surface area contributed by atoms with Gasteiger partial charge in [-0.3, -0.25) is 0 Å². The minimum Gasteiger partial charge on any atom is -0.349 e. The highest BCUT2D eigenvalue weighted by molar-refractivity contribution is 5.34. The predicted octanol–water partition coefficient (Wildman–Crippen LogP) is 2.24. The Morgan fingerprint density at radius 1 is 1.67 bits per heavy atom. The normalized spacial score (nSPS) is 9.42. The Bertz CT molecular complexity index is 339. The Kier molecular flexibility index (Phi) is 2.35. The summed E-state index contributed by atoms with van der Waals surface area (Å²) < 4.78 is 1.98. The van der Waals surface area contributed by atoms with E-state index in [-0.39, 0.29) is 0 Å². The van der Waals surface area contributed by atoms with Crippen LogP contribution in [-0.4, -0.2) is 4.57 Å². The maximum Gasteiger partial charge on any atom is 0.101 e. The Morgan fingerprint density at radius 2 is 2.33 bits per heavy atom. The highest BCUT2D eigenvalue weighted by Gasteiger charge is 2.00. The lowest BCUT2D eigenvalue weighted by Gasteiger charge is -1.99. The van der Waals surface area contributed by atoms with Crippen LogP contribution in [-0.2, 0) is 6.54 Å². The molecule has 0 unspecified atom stereocenters. The third kappa shape index (κ3) is 1.76. The molecule has 1 aromatic heterocycles. The van der Waals surface area contributed by atoms with Gasteiger partial charge in [0, 0.05) is 18.9 Å². The Hall–Kier alpha value is -1.49. The Balaban J connectivity index is 2.91. The van der Waals surface area contributed by atoms with Crippen LogP contribution in [0.15, 0.2) is 24.5 Å². The molecule has 1 aromatic rings. The van der Waals surface area contributed by atoms with Crippen molar-refractivity contribution < 1.29 is 0 Å². The Morgan fingerprint density at radius 3 is 2.75 bits per heavy atom. The molecular formula is C10H12N2. The molecule has 0 bridgehead atoms. The summed E-state index contributed by atoms with van der Waals surface area (Å²) in [6.45, 7) is 8.52. The van der Waals surface area contributed by atoms with E-state index in [1.807, 2.05) is 30.8 Å². The summed E-state index contributed by atoms with van der Waals surface area (Å²) in [5.41, 5.74) is 2.87. The quantitative estimate of drug-likeness (QED) is 0.610. The number of rotatable bonds is 2. The van der Waals surface area contributed by atoms with E-state index in [1.165, 1.54) is 0 Å². The maximum atomic E-state index is 8.68. The topological polar surface area (TPSA) is 28.7 Å². The SMILES string of the molecule is C=C(C)Cn1cc(C)c(C#N)c1. The van der Waals surface area contributed by atoms with E-state index in [9.17, 15) is 0 Å². The minimum atomic E-state index is 0.747. The molecule has 0 aromatic carbocycles. The first-order valence-corrected chi connectivity index (χ1v) is 3.84. The van der Waals surface area contributed by atoms with E-state index in [0.717, 1.165) is 23.2 Å². The molecule has 0 N–H and O–H groups in total. The van der Waals surface area contributed by atoms with Gasteiger partial charge in [-0.1, -0.05) is 12.2 Å². The van der Waals surface area contributed by atoms with Crippen molar-refractivity contribution in [3.05, 3.63) is 35.7 Å². The predicted molar refractivity (Wildman–Crippen MR) is 48.7 cm³/mol. The molecule has 0 amide bonds. The van der Waals surface area contributed by atoms with Gasteiger partial charge in [-0.2, -0.15) is 5.26 Å². The molecule has 62 valence electrons. The summed E-state index contributed by atoms with van der Waals surface area (Å²) in [6.07, 6.45) is 3.82. The van der Waals surface area contributed by atoms with Gasteiger partial charge < -0.3 is 4.57 Å². The summed E-state index contributed by atoms with van der Waals surface area (Å²) in [6, 6.07) is 2.14. The summed E-state index contributed by atoms with van der Waals surface area (Å²) in [7, 11) is 0. The van der Waals surface area contributed by atoms with Crippen molar-refractivity contribution in [2.24, 2.45) is 0 Å². The lowest BCUT2D eigenvalue weighted by atomic mass is 10.2. The van der Waals surface area contributed by atoms with Crippen LogP contribution in [0.5, 0.6) is 0 Å². The first-order chi connectivity index (χ1) is 5.63. The van der Waals surface area contributed by atoms with Gasteiger partial charge >= 0.3 is 0 Å². The lowest BCUT2D eigenvalue weighted by molar-refractivity contribution is 0.791. The van der Waals surface area contributed by atoms with Crippen molar-refractivity contribution in [3.63, 3.8) is 0 Å². The fraction of sp³-hybridized carbons (Fsp3) is 0.300. The van der Waals surface area contributed by atoms with E-state index in [1.54, 1.807) is 0 Å². The van der Waals surface area contributed by atoms with Gasteiger partial charge in [-0.25, -0.2) is 0 Å². The van der Waals surface area contributed by atoms with Crippen LogP contribution >= 0.6 is 0 Å². The van der Waals surface area contributed by atoms with Crippen LogP contribution < -0.4 is 0 Å². The average molecular weight is 160 g/mol. The molecule has 0 atom stereocenters. The molecule has 1 rings (SSSR count). The molecule has 1 heterocycles. The van der Waals surface area contributed by atoms with E-state index in [2.05, 4.69) is 12.6 Å². The molecule has 0 aliphatic rings. The van der Waals surface area contributed by atoms with E-state index >= 15 is 0 Å². The van der Waals surface area contributed by atoms with Gasteiger partial charge in [0.2, 0.25) is 0 Å². The summed E-state index contributed by atoms with van der Waals surface area (Å²) in [5.74, 6) is 0. The van der Waals surface area contributed by atoms with Gasteiger partial charge in [0.25, 0.3) is 0 Å². The maximum absolute atomic E-state index is 8.68. The lowest BCUT2D eigenvalue weighted by Crippen LogP contribution is -1.93. The molecular weight excluding hydrogens is 148 g/mol. The largest absolute Gasteiger partial charge is 0.349 e. The number of aromatic nitrogens is 1. The number of aryl methyl sites for hydroxylation is 1. The fourth-order valence-electron chi connectivity index (χ4n) is 1.14. The molecule has 2 nitrogen and oxygen atoms in total. The molecule has 0 fully saturated rings. The van der Waals surface area contributed by atoms with Gasteiger partial charge in [-0.05, 0) is 19.4 Å². The Labute approximate surface area is 72.7 Å². The molecule has 0 aliphatic heterocycles. The highest BCUT2D eigenvalue weighted by atomic mass is 14.9. The molecule has 12 heavy (non-hydrogen) atoms. The molecule has 0 spiro atoms. The van der Waals surface area contributed by atoms with Crippen LogP contribution in [0.3, 0.4) is 0 Å². The summed E-state index contributed by atoms with van der Waals surface area (Å²) in [4.78, 5) is 0. The standard InChI is InChI=1S/C10H12N2/c1-8(2)5-12-6-9(3)10(4-11)7-12/h6-7H,1,5H2,2-3H3. The summed E-state index contributed by atoms with van der Waals surface area (Å²) in [5, 5.41) is 8.68. The first kappa shape index (κ1) is 8.61. The van der Waals surface area contributed by atoms with Gasteiger partial charge in [-0.15, -0.1) is 0 Å². The van der Waals surface area contributed by atoms with Gasteiger partial charge in [0.05, 0.1) is 5.56 Å². The number of hydrogen-bond acceptors (Lipinski definition) is 1. The van der Waals surface area contributed by atoms with Gasteiger partial charge in [0.1, 0.15) is 6.07 Å². The smallest absolute Gasteiger partial charge is 0.101 e. The van der Waals surface area contributed by atoms with E-state index in [4.69, 9.17) is 5.26 Å². The third-order valence-corrected chi connectivity index (χ3v) is 1.65. The molecule has 0 saturated heterocycles. The van der Waals surface area contributed by atoms with Crippen molar-refractivity contribution in [2.75, 3.05) is 0 Å². The van der Waals surface area contributed by atoms with Gasteiger partial charge in [0.15, 0.2) is 0 Å². The monoisotopic (exact) mass is 160 g/mol. The number of hydrogen-bond donors (Lipinski definition) is 0. The summed E-state index contributed by atoms with van der Waals surface area (Å²) >= 11 is 0. The van der Waals surface area contributed by atoms with Crippen molar-refractivity contribution in [1.29, 1.82) is 5.26 Å². The molecule has 2 heteroatoms. The minimum absolute atomic E-state index is 0.747. The van der Waals surface area contributed by atoms with E-state index < -0.39 is 0 Å². The second kappa shape index (κ2) is 3.27. The molecule has 0 radical (unpaired) electrons. The molecule has 0 aliphatic carbocycles. The van der Waals surface area contributed by atoms with Crippen LogP contribution in [0.25, 0.3) is 0 Å². The van der Waals surface area contributed by atoms with Crippen LogP contribution in [0, 0.1) is 18.3 Å². The number of nitriles is 1. The van der Waals surface area contributed by atoms with Crippen molar-refractivity contribution in [2.45, 2.75) is 20.4 Å². The molecule has 0 saturated carbocycles. The third-order valence-electron chi connectivity index (χ3n) is 1.65.